The lowest BCUT2D eigenvalue weighted by Crippen LogP contribution is -2.37. The molecule has 1 N–H and O–H groups in total. The van der Waals surface area contributed by atoms with E-state index in [-0.39, 0.29) is 57.9 Å². The molecule has 0 spiro atoms. The molecule has 8 nitrogen and oxygen atoms in total. The molecule has 0 aliphatic heterocycles. The summed E-state index contributed by atoms with van der Waals surface area (Å²) >= 11 is 0. The monoisotopic (exact) mass is 577 g/mol. The summed E-state index contributed by atoms with van der Waals surface area (Å²) in [6.07, 6.45) is -7.16. The number of carboxylic acid groups (broad SMARTS) is 1. The van der Waals surface area contributed by atoms with Crippen molar-refractivity contribution in [3.8, 4) is 5.75 Å². The summed E-state index contributed by atoms with van der Waals surface area (Å²) in [5.41, 5.74) is 0.679. The summed E-state index contributed by atoms with van der Waals surface area (Å²) in [6.45, 7) is 1.24. The average molecular weight is 578 g/mol. The Morgan fingerprint density at radius 3 is 2.33 bits per heavy atom. The van der Waals surface area contributed by atoms with Crippen molar-refractivity contribution in [3.05, 3.63) is 65.2 Å². The third kappa shape index (κ3) is 12.6. The summed E-state index contributed by atoms with van der Waals surface area (Å²) < 4.78 is 85.0. The normalized spacial score (nSPS) is 12.2. The van der Waals surface area contributed by atoms with Crippen LogP contribution in [-0.4, -0.2) is 73.9 Å². The van der Waals surface area contributed by atoms with Crippen molar-refractivity contribution < 1.29 is 55.6 Å². The number of benzene rings is 2. The topological polar surface area (TPSA) is 94.5 Å². The minimum Gasteiger partial charge on any atom is -0.492 e. The van der Waals surface area contributed by atoms with E-state index < -0.39 is 49.0 Å². The van der Waals surface area contributed by atoms with Gasteiger partial charge >= 0.3 is 18.2 Å². The third-order valence-corrected chi connectivity index (χ3v) is 5.50. The first kappa shape index (κ1) is 32.8. The highest BCUT2D eigenvalue weighted by atomic mass is 19.4. The maximum absolute atomic E-state index is 13.9. The summed E-state index contributed by atoms with van der Waals surface area (Å²) in [7, 11) is 0. The first-order valence-electron chi connectivity index (χ1n) is 12.5. The zero-order valence-corrected chi connectivity index (χ0v) is 21.9. The third-order valence-electron chi connectivity index (χ3n) is 5.50. The lowest BCUT2D eigenvalue weighted by atomic mass is 10.1. The maximum atomic E-state index is 13.9. The molecular formula is C27H32F5NO7. The second kappa shape index (κ2) is 16.6. The first-order valence-corrected chi connectivity index (χ1v) is 12.5. The number of carbonyl (C=O) groups excluding carboxylic acids is 1. The van der Waals surface area contributed by atoms with Gasteiger partial charge in [-0.15, -0.1) is 0 Å². The molecule has 0 fully saturated rings. The SMILES string of the molecule is CCOC(Cc1ccc(OCCN(CCOCCCC(F)(F)F)C(=O)OCc2ccc(F)cc2F)cc1)C(=O)O. The molecule has 2 rings (SSSR count). The number of alkyl halides is 3. The van der Waals surface area contributed by atoms with Crippen LogP contribution >= 0.6 is 0 Å². The predicted molar refractivity (Wildman–Crippen MR) is 133 cm³/mol. The molecule has 13 heteroatoms. The van der Waals surface area contributed by atoms with Crippen LogP contribution in [0, 0.1) is 11.6 Å². The number of ether oxygens (including phenoxy) is 4. The quantitative estimate of drug-likeness (QED) is 0.200. The maximum Gasteiger partial charge on any atom is 0.410 e. The molecule has 0 aromatic heterocycles. The highest BCUT2D eigenvalue weighted by Gasteiger charge is 2.26. The molecule has 0 saturated heterocycles. The van der Waals surface area contributed by atoms with Gasteiger partial charge in [0.25, 0.3) is 0 Å². The molecule has 2 aromatic carbocycles. The van der Waals surface area contributed by atoms with Gasteiger partial charge in [0.15, 0.2) is 6.10 Å². The highest BCUT2D eigenvalue weighted by Crippen LogP contribution is 2.21. The summed E-state index contributed by atoms with van der Waals surface area (Å²) in [5.74, 6) is -2.29. The molecule has 0 aliphatic rings. The van der Waals surface area contributed by atoms with Crippen LogP contribution in [0.25, 0.3) is 0 Å². The highest BCUT2D eigenvalue weighted by molar-refractivity contribution is 5.72. The van der Waals surface area contributed by atoms with Gasteiger partial charge < -0.3 is 29.0 Å². The lowest BCUT2D eigenvalue weighted by Gasteiger charge is -2.22. The number of hydrogen-bond donors (Lipinski definition) is 1. The van der Waals surface area contributed by atoms with E-state index in [1.54, 1.807) is 31.2 Å². The first-order chi connectivity index (χ1) is 19.0. The number of nitrogens with zero attached hydrogens (tertiary/aromatic N) is 1. The van der Waals surface area contributed by atoms with Crippen LogP contribution in [0.1, 0.15) is 30.9 Å². The average Bonchev–Trinajstić information content (AvgIpc) is 2.88. The Balaban J connectivity index is 1.90. The van der Waals surface area contributed by atoms with Gasteiger partial charge in [0.1, 0.15) is 30.6 Å². The number of amides is 1. The Bertz CT molecular complexity index is 1070. The van der Waals surface area contributed by atoms with Crippen molar-refractivity contribution in [2.24, 2.45) is 0 Å². The van der Waals surface area contributed by atoms with Crippen molar-refractivity contribution in [1.29, 1.82) is 0 Å². The summed E-state index contributed by atoms with van der Waals surface area (Å²) in [5, 5.41) is 9.22. The second-order valence-electron chi connectivity index (χ2n) is 8.59. The Hall–Kier alpha value is -3.45. The van der Waals surface area contributed by atoms with Crippen LogP contribution in [0.2, 0.25) is 0 Å². The van der Waals surface area contributed by atoms with E-state index in [2.05, 4.69) is 0 Å². The standard InChI is InChI=1S/C27H32F5NO7/c1-2-38-24(25(34)35)16-19-4-8-22(9-5-19)39-15-12-33(11-14-37-13-3-10-27(30,31)32)26(36)40-18-20-6-7-21(28)17-23(20)29/h4-9,17,24H,2-3,10-16,18H2,1H3,(H,34,35). The van der Waals surface area contributed by atoms with Crippen LogP contribution < -0.4 is 4.74 Å². The minimum atomic E-state index is -4.29. The Labute approximate surface area is 228 Å². The smallest absolute Gasteiger partial charge is 0.410 e. The summed E-state index contributed by atoms with van der Waals surface area (Å²) in [6, 6.07) is 9.45. The molecule has 0 heterocycles. The van der Waals surface area contributed by atoms with Gasteiger partial charge in [0.05, 0.1) is 13.2 Å². The summed E-state index contributed by atoms with van der Waals surface area (Å²) in [4.78, 5) is 25.1. The van der Waals surface area contributed by atoms with Gasteiger partial charge in [0, 0.05) is 44.2 Å². The zero-order valence-electron chi connectivity index (χ0n) is 21.9. The molecule has 2 aromatic rings. The number of carbonyl (C=O) groups is 2. The lowest BCUT2D eigenvalue weighted by molar-refractivity contribution is -0.150. The van der Waals surface area contributed by atoms with Gasteiger partial charge in [-0.1, -0.05) is 12.1 Å². The molecule has 40 heavy (non-hydrogen) atoms. The fourth-order valence-electron chi connectivity index (χ4n) is 3.44. The van der Waals surface area contributed by atoms with Gasteiger partial charge in [-0.05, 0) is 43.2 Å². The fourth-order valence-corrected chi connectivity index (χ4v) is 3.44. The molecular weight excluding hydrogens is 545 g/mol. The van der Waals surface area contributed by atoms with E-state index >= 15 is 0 Å². The number of aliphatic carboxylic acids is 1. The van der Waals surface area contributed by atoms with Crippen LogP contribution in [0.5, 0.6) is 5.75 Å². The number of carboxylic acids is 1. The van der Waals surface area contributed by atoms with Gasteiger partial charge in [-0.25, -0.2) is 18.4 Å². The second-order valence-corrected chi connectivity index (χ2v) is 8.59. The van der Waals surface area contributed by atoms with Gasteiger partial charge in [-0.2, -0.15) is 13.2 Å². The zero-order chi connectivity index (χ0) is 29.5. The molecule has 1 atom stereocenters. The Morgan fingerprint density at radius 2 is 1.70 bits per heavy atom. The van der Waals surface area contributed by atoms with E-state index in [0.717, 1.165) is 12.1 Å². The number of halogens is 5. The molecule has 0 radical (unpaired) electrons. The van der Waals surface area contributed by atoms with E-state index in [9.17, 15) is 36.6 Å². The van der Waals surface area contributed by atoms with Crippen molar-refractivity contribution in [1.82, 2.24) is 4.90 Å². The van der Waals surface area contributed by atoms with Gasteiger partial charge in [-0.3, -0.25) is 0 Å². The van der Waals surface area contributed by atoms with Crippen molar-refractivity contribution in [2.45, 2.75) is 45.1 Å². The molecule has 1 unspecified atom stereocenters. The molecule has 1 amide bonds. The molecule has 0 saturated carbocycles. The van der Waals surface area contributed by atoms with E-state index in [1.165, 1.54) is 4.90 Å². The van der Waals surface area contributed by atoms with Crippen molar-refractivity contribution in [2.75, 3.05) is 39.5 Å². The van der Waals surface area contributed by atoms with Crippen LogP contribution in [-0.2, 0) is 32.0 Å². The molecule has 222 valence electrons. The Morgan fingerprint density at radius 1 is 1.00 bits per heavy atom. The predicted octanol–water partition coefficient (Wildman–Crippen LogP) is 5.37. The van der Waals surface area contributed by atoms with Crippen LogP contribution in [0.15, 0.2) is 42.5 Å². The van der Waals surface area contributed by atoms with Crippen molar-refractivity contribution >= 4 is 12.1 Å². The fraction of sp³-hybridized carbons (Fsp3) is 0.481. The van der Waals surface area contributed by atoms with E-state index in [1.807, 2.05) is 0 Å². The van der Waals surface area contributed by atoms with E-state index in [0.29, 0.717) is 17.4 Å². The minimum absolute atomic E-state index is 0.00379. The van der Waals surface area contributed by atoms with Crippen LogP contribution in [0.4, 0.5) is 26.7 Å². The van der Waals surface area contributed by atoms with Gasteiger partial charge in [0.2, 0.25) is 0 Å². The number of hydrogen-bond acceptors (Lipinski definition) is 6. The largest absolute Gasteiger partial charge is 0.492 e. The molecule has 0 bridgehead atoms. The number of rotatable bonds is 17. The van der Waals surface area contributed by atoms with Crippen molar-refractivity contribution in [3.63, 3.8) is 0 Å². The van der Waals surface area contributed by atoms with E-state index in [4.69, 9.17) is 18.9 Å². The van der Waals surface area contributed by atoms with Crippen LogP contribution in [0.3, 0.4) is 0 Å². The Kier molecular flexibility index (Phi) is 13.6. The molecule has 0 aliphatic carbocycles.